The Hall–Kier alpha value is -2.62. The van der Waals surface area contributed by atoms with Gasteiger partial charge in [0.05, 0.1) is 11.6 Å². The van der Waals surface area contributed by atoms with Crippen molar-refractivity contribution in [1.82, 2.24) is 24.8 Å². The zero-order chi connectivity index (χ0) is 25.3. The van der Waals surface area contributed by atoms with Crippen molar-refractivity contribution in [3.63, 3.8) is 0 Å². The summed E-state index contributed by atoms with van der Waals surface area (Å²) in [6, 6.07) is 0. The van der Waals surface area contributed by atoms with Crippen LogP contribution in [0.5, 0.6) is 0 Å². The molecule has 192 valence electrons. The number of alkyl halides is 2. The summed E-state index contributed by atoms with van der Waals surface area (Å²) in [6.45, 7) is 13.9. The lowest BCUT2D eigenvalue weighted by atomic mass is 9.91. The number of rotatable bonds is 7. The molecule has 2 aliphatic rings. The summed E-state index contributed by atoms with van der Waals surface area (Å²) < 4.78 is 29.9. The van der Waals surface area contributed by atoms with Crippen LogP contribution in [0.3, 0.4) is 0 Å². The van der Waals surface area contributed by atoms with Gasteiger partial charge in [-0.2, -0.15) is 0 Å². The standard InChI is InChI=1S/C25H37F2N7O/c1-15(2)18-13-34(11-8-30-25(3,4)5)23(31-18)16-6-9-33(10-7-16)24-20-17(21(26)27)12-19(35)32-22(20)28-14-29-24/h13-17,21,30H,6-12H2,1-5H3,(H,28,29,32,35)/t17-/m1/s1. The number of halogens is 2. The Morgan fingerprint density at radius 1 is 1.20 bits per heavy atom. The number of hydrogen-bond acceptors (Lipinski definition) is 6. The van der Waals surface area contributed by atoms with Gasteiger partial charge in [0.15, 0.2) is 0 Å². The Morgan fingerprint density at radius 2 is 1.91 bits per heavy atom. The zero-order valence-corrected chi connectivity index (χ0v) is 21.3. The van der Waals surface area contributed by atoms with Crippen LogP contribution in [0.25, 0.3) is 0 Å². The van der Waals surface area contributed by atoms with Crippen molar-refractivity contribution >= 4 is 17.5 Å². The van der Waals surface area contributed by atoms with Gasteiger partial charge in [0, 0.05) is 55.8 Å². The summed E-state index contributed by atoms with van der Waals surface area (Å²) >= 11 is 0. The van der Waals surface area contributed by atoms with Crippen LogP contribution in [0.15, 0.2) is 12.5 Å². The molecule has 1 fully saturated rings. The first-order valence-electron chi connectivity index (χ1n) is 12.5. The summed E-state index contributed by atoms with van der Waals surface area (Å²) in [4.78, 5) is 27.4. The zero-order valence-electron chi connectivity index (χ0n) is 21.3. The quantitative estimate of drug-likeness (QED) is 0.604. The SMILES string of the molecule is CC(C)c1cn(CCNC(C)(C)C)c(C2CCN(c3ncnc4c3[C@H](C(F)F)CC(=O)N4)CC2)n1. The summed E-state index contributed by atoms with van der Waals surface area (Å²) in [5.41, 5.74) is 1.51. The van der Waals surface area contributed by atoms with E-state index in [1.165, 1.54) is 6.33 Å². The minimum atomic E-state index is -2.65. The van der Waals surface area contributed by atoms with Gasteiger partial charge in [0.25, 0.3) is 0 Å². The van der Waals surface area contributed by atoms with Gasteiger partial charge in [-0.1, -0.05) is 13.8 Å². The molecule has 2 N–H and O–H groups in total. The first-order valence-corrected chi connectivity index (χ1v) is 12.5. The minimum Gasteiger partial charge on any atom is -0.356 e. The van der Waals surface area contributed by atoms with Gasteiger partial charge in [0.2, 0.25) is 12.3 Å². The monoisotopic (exact) mass is 489 g/mol. The molecule has 0 aromatic carbocycles. The normalized spacial score (nSPS) is 19.4. The van der Waals surface area contributed by atoms with Gasteiger partial charge < -0.3 is 20.1 Å². The highest BCUT2D eigenvalue weighted by Crippen LogP contribution is 2.41. The van der Waals surface area contributed by atoms with Crippen LogP contribution in [-0.2, 0) is 11.3 Å². The van der Waals surface area contributed by atoms with E-state index in [0.717, 1.165) is 37.4 Å². The maximum Gasteiger partial charge on any atom is 0.246 e. The van der Waals surface area contributed by atoms with E-state index in [9.17, 15) is 13.6 Å². The van der Waals surface area contributed by atoms with E-state index in [-0.39, 0.29) is 23.7 Å². The fourth-order valence-corrected chi connectivity index (χ4v) is 4.91. The second-order valence-electron chi connectivity index (χ2n) is 11.0. The molecular formula is C25H37F2N7O. The minimum absolute atomic E-state index is 0.0548. The number of amides is 1. The van der Waals surface area contributed by atoms with Crippen molar-refractivity contribution in [2.45, 2.75) is 90.1 Å². The third-order valence-corrected chi connectivity index (χ3v) is 6.79. The van der Waals surface area contributed by atoms with Gasteiger partial charge in [-0.3, -0.25) is 4.79 Å². The van der Waals surface area contributed by atoms with E-state index in [1.807, 2.05) is 0 Å². The number of anilines is 2. The van der Waals surface area contributed by atoms with Crippen LogP contribution < -0.4 is 15.5 Å². The average molecular weight is 490 g/mol. The second-order valence-corrected chi connectivity index (χ2v) is 11.0. The number of nitrogens with one attached hydrogen (secondary N) is 2. The number of piperidine rings is 1. The second kappa shape index (κ2) is 10.2. The van der Waals surface area contributed by atoms with Crippen molar-refractivity contribution in [2.75, 3.05) is 29.9 Å². The topological polar surface area (TPSA) is 88.0 Å². The van der Waals surface area contributed by atoms with Crippen LogP contribution >= 0.6 is 0 Å². The number of imidazole rings is 1. The number of carbonyl (C=O) groups is 1. The van der Waals surface area contributed by atoms with Crippen LogP contribution in [0, 0.1) is 0 Å². The Bertz CT molecular complexity index is 1040. The van der Waals surface area contributed by atoms with E-state index in [1.54, 1.807) is 0 Å². The summed E-state index contributed by atoms with van der Waals surface area (Å²) in [5.74, 6) is 0.847. The Balaban J connectivity index is 1.51. The third kappa shape index (κ3) is 5.79. The molecule has 2 aliphatic heterocycles. The van der Waals surface area contributed by atoms with Crippen LogP contribution in [-0.4, -0.2) is 57.0 Å². The van der Waals surface area contributed by atoms with Crippen molar-refractivity contribution in [2.24, 2.45) is 0 Å². The molecule has 0 bridgehead atoms. The molecule has 8 nitrogen and oxygen atoms in total. The van der Waals surface area contributed by atoms with E-state index in [4.69, 9.17) is 4.98 Å². The Labute approximate surface area is 205 Å². The molecular weight excluding hydrogens is 452 g/mol. The van der Waals surface area contributed by atoms with Crippen molar-refractivity contribution in [1.29, 1.82) is 0 Å². The summed E-state index contributed by atoms with van der Waals surface area (Å²) in [7, 11) is 0. The molecule has 4 rings (SSSR count). The lowest BCUT2D eigenvalue weighted by Gasteiger charge is -2.36. The highest BCUT2D eigenvalue weighted by atomic mass is 19.3. The summed E-state index contributed by atoms with van der Waals surface area (Å²) in [5, 5.41) is 6.19. The van der Waals surface area contributed by atoms with E-state index in [0.29, 0.717) is 30.4 Å². The largest absolute Gasteiger partial charge is 0.356 e. The van der Waals surface area contributed by atoms with Gasteiger partial charge in [-0.15, -0.1) is 0 Å². The number of nitrogens with zero attached hydrogens (tertiary/aromatic N) is 5. The lowest BCUT2D eigenvalue weighted by molar-refractivity contribution is -0.117. The predicted molar refractivity (Wildman–Crippen MR) is 132 cm³/mol. The molecule has 2 aromatic rings. The smallest absolute Gasteiger partial charge is 0.246 e. The average Bonchev–Trinajstić information content (AvgIpc) is 3.21. The highest BCUT2D eigenvalue weighted by molar-refractivity contribution is 5.94. The third-order valence-electron chi connectivity index (χ3n) is 6.79. The number of aromatic nitrogens is 4. The maximum absolute atomic E-state index is 13.8. The van der Waals surface area contributed by atoms with Crippen LogP contribution in [0.2, 0.25) is 0 Å². The molecule has 0 unspecified atom stereocenters. The number of hydrogen-bond donors (Lipinski definition) is 2. The van der Waals surface area contributed by atoms with Gasteiger partial charge >= 0.3 is 0 Å². The number of carbonyl (C=O) groups excluding carboxylic acids is 1. The predicted octanol–water partition coefficient (Wildman–Crippen LogP) is 4.26. The molecule has 0 aliphatic carbocycles. The molecule has 0 radical (unpaired) electrons. The molecule has 35 heavy (non-hydrogen) atoms. The summed E-state index contributed by atoms with van der Waals surface area (Å²) in [6.07, 6.45) is 2.33. The van der Waals surface area contributed by atoms with E-state index < -0.39 is 18.3 Å². The molecule has 1 saturated heterocycles. The van der Waals surface area contributed by atoms with Gasteiger partial charge in [-0.05, 0) is 39.5 Å². The number of fused-ring (bicyclic) bond motifs is 1. The molecule has 0 spiro atoms. The van der Waals surface area contributed by atoms with Gasteiger partial charge in [-0.25, -0.2) is 23.7 Å². The molecule has 0 saturated carbocycles. The highest BCUT2D eigenvalue weighted by Gasteiger charge is 2.37. The first kappa shape index (κ1) is 25.5. The van der Waals surface area contributed by atoms with Crippen LogP contribution in [0.4, 0.5) is 20.4 Å². The van der Waals surface area contributed by atoms with Crippen LogP contribution in [0.1, 0.15) is 88.7 Å². The maximum atomic E-state index is 13.8. The molecule has 4 heterocycles. The van der Waals surface area contributed by atoms with Crippen molar-refractivity contribution < 1.29 is 13.6 Å². The fourth-order valence-electron chi connectivity index (χ4n) is 4.91. The van der Waals surface area contributed by atoms with Gasteiger partial charge in [0.1, 0.15) is 23.8 Å². The first-order chi connectivity index (χ1) is 16.5. The molecule has 1 amide bonds. The molecule has 10 heteroatoms. The molecule has 2 aromatic heterocycles. The fraction of sp³-hybridized carbons (Fsp3) is 0.680. The van der Waals surface area contributed by atoms with E-state index in [2.05, 4.69) is 70.9 Å². The lowest BCUT2D eigenvalue weighted by Crippen LogP contribution is -2.38. The van der Waals surface area contributed by atoms with Crippen molar-refractivity contribution in [3.05, 3.63) is 29.6 Å². The molecule has 1 atom stereocenters. The van der Waals surface area contributed by atoms with E-state index >= 15 is 0 Å². The Morgan fingerprint density at radius 3 is 2.54 bits per heavy atom. The Kier molecular flexibility index (Phi) is 7.40. The van der Waals surface area contributed by atoms with Crippen molar-refractivity contribution in [3.8, 4) is 0 Å².